The maximum atomic E-state index is 4.93. The van der Waals surface area contributed by atoms with Crippen molar-refractivity contribution in [2.75, 3.05) is 16.5 Å². The van der Waals surface area contributed by atoms with Gasteiger partial charge in [-0.25, -0.2) is 4.98 Å². The first-order valence-corrected chi connectivity index (χ1v) is 20.7. The van der Waals surface area contributed by atoms with Gasteiger partial charge in [0.05, 0.1) is 12.4 Å². The van der Waals surface area contributed by atoms with E-state index in [1.807, 2.05) is 6.20 Å². The third-order valence-electron chi connectivity index (χ3n) is 12.0. The summed E-state index contributed by atoms with van der Waals surface area (Å²) in [6.07, 6.45) is 6.34. The molecule has 3 heterocycles. The summed E-state index contributed by atoms with van der Waals surface area (Å²) >= 11 is 0. The maximum Gasteiger partial charge on any atom is 0.135 e. The molecule has 6 aromatic carbocycles. The first kappa shape index (κ1) is 43.4. The molecule has 0 bridgehead atoms. The monoisotopic (exact) mass is 978 g/mol. The summed E-state index contributed by atoms with van der Waals surface area (Å²) in [7, 11) is 0. The third-order valence-corrected chi connectivity index (χ3v) is 12.0. The van der Waals surface area contributed by atoms with Gasteiger partial charge in [-0.1, -0.05) is 152 Å². The molecule has 5 heteroatoms. The van der Waals surface area contributed by atoms with Gasteiger partial charge >= 0.3 is 0 Å². The van der Waals surface area contributed by atoms with Crippen LogP contribution in [0.4, 0.5) is 11.4 Å². The van der Waals surface area contributed by atoms with Crippen LogP contribution in [-0.4, -0.2) is 16.2 Å². The fourth-order valence-corrected chi connectivity index (χ4v) is 8.33. The van der Waals surface area contributed by atoms with Crippen molar-refractivity contribution in [1.29, 1.82) is 0 Å². The van der Waals surface area contributed by atoms with Gasteiger partial charge in [-0.15, -0.1) is 17.0 Å². The van der Waals surface area contributed by atoms with Crippen molar-refractivity contribution in [3.63, 3.8) is 0 Å². The number of para-hydroxylation sites is 1. The van der Waals surface area contributed by atoms with E-state index in [4.69, 9.17) is 4.98 Å². The van der Waals surface area contributed by atoms with Crippen molar-refractivity contribution < 1.29 is 21.1 Å². The molecule has 61 heavy (non-hydrogen) atoms. The van der Waals surface area contributed by atoms with Crippen LogP contribution in [0.25, 0.3) is 49.9 Å². The topological polar surface area (TPSA) is 24.3 Å². The van der Waals surface area contributed by atoms with Crippen LogP contribution in [-0.2, 0) is 37.3 Å². The Balaban J connectivity index is 0.00000281. The van der Waals surface area contributed by atoms with Gasteiger partial charge in [0, 0.05) is 50.7 Å². The summed E-state index contributed by atoms with van der Waals surface area (Å²) in [6, 6.07) is 58.4. The van der Waals surface area contributed by atoms with Crippen molar-refractivity contribution in [2.45, 2.75) is 71.6 Å². The Labute approximate surface area is 377 Å². The van der Waals surface area contributed by atoms with Crippen molar-refractivity contribution in [3.05, 3.63) is 200 Å². The minimum Gasteiger partial charge on any atom is -0.358 e. The van der Waals surface area contributed by atoms with Crippen LogP contribution in [0.5, 0.6) is 0 Å². The second-order valence-corrected chi connectivity index (χ2v) is 18.5. The minimum atomic E-state index is -0.442. The molecule has 9 rings (SSSR count). The quantitative estimate of drug-likeness (QED) is 0.149. The van der Waals surface area contributed by atoms with E-state index in [1.54, 1.807) is 0 Å². The minimum absolute atomic E-state index is 0. The number of fused-ring (bicyclic) bond motifs is 3. The van der Waals surface area contributed by atoms with E-state index >= 15 is 0 Å². The smallest absolute Gasteiger partial charge is 0.135 e. The molecule has 4 nitrogen and oxygen atoms in total. The molecule has 0 N–H and O–H groups in total. The van der Waals surface area contributed by atoms with Gasteiger partial charge in [-0.3, -0.25) is 0 Å². The van der Waals surface area contributed by atoms with E-state index in [1.165, 1.54) is 44.3 Å². The molecule has 0 saturated heterocycles. The molecular weight excluding hydrogens is 924 g/mol. The Hall–Kier alpha value is -5.70. The third kappa shape index (κ3) is 8.23. The molecule has 0 saturated carbocycles. The number of rotatable bonds is 7. The summed E-state index contributed by atoms with van der Waals surface area (Å²) in [4.78, 5) is 9.60. The normalized spacial score (nSPS) is 13.1. The van der Waals surface area contributed by atoms with Crippen LogP contribution in [0.1, 0.15) is 77.6 Å². The summed E-state index contributed by atoms with van der Waals surface area (Å²) in [5, 5.41) is 2.36. The molecule has 0 radical (unpaired) electrons. The van der Waals surface area contributed by atoms with Gasteiger partial charge in [0.2, 0.25) is 0 Å². The predicted octanol–water partition coefficient (Wildman–Crippen LogP) is 14.2. The Kier molecular flexibility index (Phi) is 11.8. The fraction of sp³-hybridized carbons (Fsp3) is 0.214. The van der Waals surface area contributed by atoms with Crippen LogP contribution in [0.2, 0.25) is 0 Å². The average molecular weight is 979 g/mol. The molecule has 312 valence electrons. The van der Waals surface area contributed by atoms with Crippen LogP contribution in [0, 0.1) is 19.6 Å². The fourth-order valence-electron chi connectivity index (χ4n) is 8.33. The predicted molar refractivity (Wildman–Crippen MR) is 255 cm³/mol. The van der Waals surface area contributed by atoms with Crippen LogP contribution < -0.4 is 9.80 Å². The number of benzene rings is 6. The first-order chi connectivity index (χ1) is 28.3. The van der Waals surface area contributed by atoms with Gasteiger partial charge in [0.1, 0.15) is 5.82 Å². The Morgan fingerprint density at radius 3 is 1.89 bits per heavy atom. The molecule has 0 aliphatic carbocycles. The number of pyridine rings is 1. The SMILES string of the molecule is CC(C)(C)c1ccnc(-n2c3[c-]c(C(C)(C)c4[c-]c(N5C=CN(c6ccc(C(C)(C)C)cc6-c6ccccc6)C5)cc(-c5ccccc5)c4)ccc3c3ccccc32)c1.[CH3-].[Pt]. The van der Waals surface area contributed by atoms with Gasteiger partial charge in [-0.2, -0.15) is 41.5 Å². The van der Waals surface area contributed by atoms with Crippen molar-refractivity contribution >= 4 is 33.2 Å². The van der Waals surface area contributed by atoms with E-state index in [9.17, 15) is 0 Å². The largest absolute Gasteiger partial charge is 0.358 e. The molecule has 0 amide bonds. The van der Waals surface area contributed by atoms with Crippen LogP contribution in [0.3, 0.4) is 0 Å². The second kappa shape index (κ2) is 16.6. The van der Waals surface area contributed by atoms with Gasteiger partial charge in [0.25, 0.3) is 0 Å². The molecule has 2 aromatic heterocycles. The Morgan fingerprint density at radius 1 is 0.541 bits per heavy atom. The van der Waals surface area contributed by atoms with Crippen LogP contribution >= 0.6 is 0 Å². The molecule has 8 aromatic rings. The number of aromatic nitrogens is 2. The number of nitrogens with zero attached hydrogens (tertiary/aromatic N) is 4. The molecule has 0 unspecified atom stereocenters. The maximum absolute atomic E-state index is 4.93. The molecule has 0 fully saturated rings. The van der Waals surface area contributed by atoms with Gasteiger partial charge < -0.3 is 21.8 Å². The van der Waals surface area contributed by atoms with Crippen molar-refractivity contribution in [3.8, 4) is 28.1 Å². The van der Waals surface area contributed by atoms with Crippen molar-refractivity contribution in [1.82, 2.24) is 9.55 Å². The molecule has 1 aliphatic heterocycles. The Morgan fingerprint density at radius 2 is 1.18 bits per heavy atom. The van der Waals surface area contributed by atoms with E-state index in [2.05, 4.69) is 234 Å². The second-order valence-electron chi connectivity index (χ2n) is 18.5. The molecule has 0 spiro atoms. The van der Waals surface area contributed by atoms with Crippen molar-refractivity contribution in [2.24, 2.45) is 0 Å². The molecular formula is C56H55N4Pt-3. The number of hydrogen-bond donors (Lipinski definition) is 0. The zero-order chi connectivity index (χ0) is 41.1. The van der Waals surface area contributed by atoms with E-state index in [0.717, 1.165) is 39.2 Å². The van der Waals surface area contributed by atoms with Crippen LogP contribution in [0.15, 0.2) is 158 Å². The molecule has 1 aliphatic rings. The van der Waals surface area contributed by atoms with Gasteiger partial charge in [0.15, 0.2) is 0 Å². The standard InChI is InChI=1S/C55H52N4.CH3.Pt/c1-53(2,3)41-24-26-49(48(34-41)39-19-13-10-14-20-39)58-30-29-57(37-58)45-32-40(38-17-11-9-12-18-38)31-44(33-45)55(7,8)43-23-25-47-46-21-15-16-22-50(46)59(51(47)35-43)52-36-42(27-28-56-52)54(4,5)6;;/h9-32,34,36H,37H2,1-8H3;1H3;/q-2;-1;. The Bertz CT molecular complexity index is 2860. The van der Waals surface area contributed by atoms with Gasteiger partial charge in [-0.05, 0) is 74.2 Å². The summed E-state index contributed by atoms with van der Waals surface area (Å²) in [5.41, 5.74) is 13.5. The molecule has 0 atom stereocenters. The summed E-state index contributed by atoms with van der Waals surface area (Å²) in [6.45, 7) is 18.9. The summed E-state index contributed by atoms with van der Waals surface area (Å²) in [5.74, 6) is 0.906. The average Bonchev–Trinajstić information content (AvgIpc) is 3.87. The van der Waals surface area contributed by atoms with E-state index < -0.39 is 5.41 Å². The number of anilines is 2. The summed E-state index contributed by atoms with van der Waals surface area (Å²) < 4.78 is 2.29. The number of hydrogen-bond acceptors (Lipinski definition) is 3. The van der Waals surface area contributed by atoms with E-state index in [0.29, 0.717) is 6.67 Å². The zero-order valence-corrected chi connectivity index (χ0v) is 39.1. The van der Waals surface area contributed by atoms with E-state index in [-0.39, 0.29) is 39.3 Å². The zero-order valence-electron chi connectivity index (χ0n) is 36.8. The first-order valence-electron chi connectivity index (χ1n) is 20.7.